The van der Waals surface area contributed by atoms with E-state index in [-0.39, 0.29) is 12.7 Å². The van der Waals surface area contributed by atoms with Crippen molar-refractivity contribution in [1.29, 1.82) is 0 Å². The molecular formula is C43H44N2O3P4-2. The summed E-state index contributed by atoms with van der Waals surface area (Å²) in [5.41, 5.74) is 0. The molecule has 0 amide bonds. The first-order valence-corrected chi connectivity index (χ1v) is 23.8. The smallest absolute Gasteiger partial charge is 0.0552 e. The topological polar surface area (TPSA) is 75.7 Å². The molecule has 0 spiro atoms. The van der Waals surface area contributed by atoms with Gasteiger partial charge in [-0.2, -0.15) is 7.94 Å². The Hall–Kier alpha value is -3.16. The molecule has 0 unspecified atom stereocenters. The van der Waals surface area contributed by atoms with Crippen LogP contribution >= 0.6 is 31.7 Å². The largest absolute Gasteiger partial charge is 0.688 e. The van der Waals surface area contributed by atoms with Gasteiger partial charge in [0.25, 0.3) is 0 Å². The van der Waals surface area contributed by atoms with Crippen molar-refractivity contribution >= 4 is 63.5 Å². The van der Waals surface area contributed by atoms with E-state index in [4.69, 9.17) is 0 Å². The van der Waals surface area contributed by atoms with Gasteiger partial charge in [-0.25, -0.2) is 0 Å². The predicted molar refractivity (Wildman–Crippen MR) is 222 cm³/mol. The number of hydrogen-bond acceptors (Lipinski definition) is 5. The Kier molecular flexibility index (Phi) is 14.7. The molecule has 9 heteroatoms. The summed E-state index contributed by atoms with van der Waals surface area (Å²) in [5, 5.41) is 7.75. The SMILES string of the molecule is [O-][P+]([O-])([O-])CCN(CCN(CP(c1ccccc1)c1ccccc1)CP(c1ccccc1)c1ccccc1)CP(c1ccccc1)c1ccccc1. The van der Waals surface area contributed by atoms with E-state index in [9.17, 15) is 14.7 Å². The van der Waals surface area contributed by atoms with Crippen LogP contribution in [0.5, 0.6) is 0 Å². The minimum atomic E-state index is -4.70. The first-order valence-electron chi connectivity index (χ1n) is 17.5. The molecular weight excluding hydrogens is 716 g/mol. The van der Waals surface area contributed by atoms with E-state index in [0.29, 0.717) is 12.8 Å². The lowest BCUT2D eigenvalue weighted by molar-refractivity contribution is -0.427. The highest BCUT2D eigenvalue weighted by Crippen LogP contribution is 2.40. The monoisotopic (exact) mass is 760 g/mol. The van der Waals surface area contributed by atoms with Crippen molar-refractivity contribution < 1.29 is 14.7 Å². The summed E-state index contributed by atoms with van der Waals surface area (Å²) in [4.78, 5) is 41.0. The van der Waals surface area contributed by atoms with Crippen LogP contribution in [-0.4, -0.2) is 54.5 Å². The van der Waals surface area contributed by atoms with Gasteiger partial charge in [-0.05, 0) is 55.6 Å². The maximum absolute atomic E-state index is 12.1. The van der Waals surface area contributed by atoms with Gasteiger partial charge in [0.15, 0.2) is 0 Å². The van der Waals surface area contributed by atoms with Crippen molar-refractivity contribution in [3.8, 4) is 0 Å². The summed E-state index contributed by atoms with van der Waals surface area (Å²) in [6.07, 6.45) is 1.98. The van der Waals surface area contributed by atoms with Crippen LogP contribution in [0.1, 0.15) is 0 Å². The van der Waals surface area contributed by atoms with Gasteiger partial charge in [-0.3, -0.25) is 9.80 Å². The van der Waals surface area contributed by atoms with Crippen LogP contribution in [0.25, 0.3) is 0 Å². The summed E-state index contributed by atoms with van der Waals surface area (Å²) < 4.78 is 0. The first-order chi connectivity index (χ1) is 25.4. The number of rotatable bonds is 18. The van der Waals surface area contributed by atoms with Crippen molar-refractivity contribution in [2.45, 2.75) is 0 Å². The zero-order valence-electron chi connectivity index (χ0n) is 29.2. The Morgan fingerprint density at radius 3 is 0.808 bits per heavy atom. The fourth-order valence-corrected chi connectivity index (χ4v) is 13.9. The van der Waals surface area contributed by atoms with Gasteiger partial charge in [0.1, 0.15) is 0 Å². The van der Waals surface area contributed by atoms with Crippen LogP contribution in [0, 0.1) is 0 Å². The van der Waals surface area contributed by atoms with Crippen LogP contribution < -0.4 is 46.5 Å². The second-order valence-electron chi connectivity index (χ2n) is 12.6. The van der Waals surface area contributed by atoms with E-state index in [1.165, 1.54) is 31.8 Å². The van der Waals surface area contributed by atoms with E-state index < -0.39 is 31.7 Å². The molecule has 0 aromatic heterocycles. The van der Waals surface area contributed by atoms with Gasteiger partial charge < -0.3 is 14.7 Å². The Morgan fingerprint density at radius 2 is 0.558 bits per heavy atom. The molecule has 0 heterocycles. The predicted octanol–water partition coefficient (Wildman–Crippen LogP) is 4.71. The van der Waals surface area contributed by atoms with Gasteiger partial charge in [0, 0.05) is 38.5 Å². The third kappa shape index (κ3) is 11.7. The van der Waals surface area contributed by atoms with Gasteiger partial charge in [0.2, 0.25) is 0 Å². The molecule has 0 N–H and O–H groups in total. The summed E-state index contributed by atoms with van der Waals surface area (Å²) >= 11 is 0. The molecule has 0 saturated heterocycles. The van der Waals surface area contributed by atoms with Crippen LogP contribution in [0.15, 0.2) is 182 Å². The highest BCUT2D eigenvalue weighted by molar-refractivity contribution is 7.74. The van der Waals surface area contributed by atoms with E-state index in [1.807, 2.05) is 12.1 Å². The Labute approximate surface area is 313 Å². The number of nitrogens with zero attached hydrogens (tertiary/aromatic N) is 2. The van der Waals surface area contributed by atoms with Gasteiger partial charge >= 0.3 is 0 Å². The molecule has 52 heavy (non-hydrogen) atoms. The van der Waals surface area contributed by atoms with Crippen LogP contribution in [0.2, 0.25) is 0 Å². The molecule has 0 aliphatic heterocycles. The van der Waals surface area contributed by atoms with Gasteiger partial charge in [-0.15, -0.1) is 0 Å². The first kappa shape index (κ1) is 38.6. The molecule has 0 atom stereocenters. The lowest BCUT2D eigenvalue weighted by Crippen LogP contribution is -2.43. The highest BCUT2D eigenvalue weighted by atomic mass is 31.2. The zero-order chi connectivity index (χ0) is 36.0. The van der Waals surface area contributed by atoms with E-state index in [1.54, 1.807) is 0 Å². The summed E-state index contributed by atoms with van der Waals surface area (Å²) in [6, 6.07) is 64.2. The van der Waals surface area contributed by atoms with Crippen LogP contribution in [0.4, 0.5) is 0 Å². The average molecular weight is 761 g/mol. The maximum atomic E-state index is 12.1. The van der Waals surface area contributed by atoms with Gasteiger partial charge in [0.05, 0.1) is 6.16 Å². The van der Waals surface area contributed by atoms with Crippen LogP contribution in [0.3, 0.4) is 0 Å². The molecule has 0 bridgehead atoms. The standard InChI is InChI=1S/C43H46N2O3P4/c46-52(47,48)34-33-44(35-49(38-19-7-1-8-20-38)39-21-9-2-10-22-39)31-32-45(36-50(40-23-11-3-12-24-40)41-25-13-4-14-26-41)37-51(42-27-15-5-16-28-42)43-29-17-6-18-30-43/h1-30H,31-37H2,(H2,46,47,48)/p-2. The summed E-state index contributed by atoms with van der Waals surface area (Å²) in [6.45, 7) is 1.57. The third-order valence-corrected chi connectivity index (χ3v) is 17.2. The van der Waals surface area contributed by atoms with Crippen molar-refractivity contribution in [3.63, 3.8) is 0 Å². The van der Waals surface area contributed by atoms with Crippen molar-refractivity contribution in [2.75, 3.05) is 44.7 Å². The lowest BCUT2D eigenvalue weighted by Gasteiger charge is -2.43. The maximum Gasteiger partial charge on any atom is 0.0552 e. The third-order valence-electron chi connectivity index (χ3n) is 8.85. The van der Waals surface area contributed by atoms with Gasteiger partial charge in [-0.1, -0.05) is 182 Å². The molecule has 6 rings (SSSR count). The lowest BCUT2D eigenvalue weighted by atomic mass is 10.4. The molecule has 0 fully saturated rings. The molecule has 0 aliphatic carbocycles. The molecule has 6 aromatic rings. The highest BCUT2D eigenvalue weighted by Gasteiger charge is 2.25. The molecule has 0 radical (unpaired) electrons. The second-order valence-corrected chi connectivity index (χ2v) is 20.8. The quantitative estimate of drug-likeness (QED) is 0.119. The fraction of sp³-hybridized carbons (Fsp3) is 0.163. The molecule has 0 saturated carbocycles. The minimum Gasteiger partial charge on any atom is -0.688 e. The number of benzene rings is 6. The fourth-order valence-electron chi connectivity index (χ4n) is 6.17. The van der Waals surface area contributed by atoms with E-state index in [0.717, 1.165) is 19.1 Å². The van der Waals surface area contributed by atoms with E-state index >= 15 is 0 Å². The molecule has 266 valence electrons. The van der Waals surface area contributed by atoms with E-state index in [2.05, 4.69) is 180 Å². The van der Waals surface area contributed by atoms with Crippen LogP contribution in [-0.2, 0) is 0 Å². The second kappa shape index (κ2) is 19.8. The van der Waals surface area contributed by atoms with Crippen molar-refractivity contribution in [3.05, 3.63) is 182 Å². The molecule has 6 aromatic carbocycles. The minimum absolute atomic E-state index is 0.203. The Balaban J connectivity index is 1.35. The summed E-state index contributed by atoms with van der Waals surface area (Å²) in [5.74, 6) is 0. The zero-order valence-corrected chi connectivity index (χ0v) is 32.8. The average Bonchev–Trinajstić information content (AvgIpc) is 3.20. The van der Waals surface area contributed by atoms with Crippen molar-refractivity contribution in [2.24, 2.45) is 0 Å². The molecule has 0 aliphatic rings. The normalized spacial score (nSPS) is 12.0. The van der Waals surface area contributed by atoms with Crippen molar-refractivity contribution in [1.82, 2.24) is 9.80 Å². The molecule has 5 nitrogen and oxygen atoms in total. The summed E-state index contributed by atoms with van der Waals surface area (Å²) in [7, 11) is -6.98. The Bertz CT molecular complexity index is 1670. The number of hydrogen-bond donors (Lipinski definition) is 0. The Morgan fingerprint density at radius 1 is 0.327 bits per heavy atom.